The van der Waals surface area contributed by atoms with Gasteiger partial charge in [-0.15, -0.1) is 0 Å². The third-order valence-corrected chi connectivity index (χ3v) is 6.33. The highest BCUT2D eigenvalue weighted by molar-refractivity contribution is 6.30. The Hall–Kier alpha value is -3.42. The van der Waals surface area contributed by atoms with Crippen LogP contribution >= 0.6 is 11.6 Å². The van der Waals surface area contributed by atoms with Crippen molar-refractivity contribution in [1.82, 2.24) is 18.7 Å². The van der Waals surface area contributed by atoms with E-state index in [1.807, 2.05) is 41.0 Å². The number of rotatable bonds is 6. The molecule has 1 aliphatic rings. The van der Waals surface area contributed by atoms with Gasteiger partial charge in [-0.05, 0) is 41.3 Å². The smallest absolute Gasteiger partial charge is 0.332 e. The second-order valence-electron chi connectivity index (χ2n) is 8.24. The van der Waals surface area contributed by atoms with Crippen molar-refractivity contribution in [3.8, 4) is 0 Å². The van der Waals surface area contributed by atoms with Crippen LogP contribution in [0.25, 0.3) is 22.8 Å². The van der Waals surface area contributed by atoms with E-state index in [2.05, 4.69) is 18.2 Å². The number of fused-ring (bicyclic) bond motifs is 2. The normalized spacial score (nSPS) is 12.9. The zero-order valence-corrected chi connectivity index (χ0v) is 18.9. The van der Waals surface area contributed by atoms with E-state index in [1.165, 1.54) is 14.7 Å². The quantitative estimate of drug-likeness (QED) is 0.477. The van der Waals surface area contributed by atoms with E-state index in [0.29, 0.717) is 41.4 Å². The van der Waals surface area contributed by atoms with Gasteiger partial charge in [0.15, 0.2) is 11.2 Å². The molecule has 0 bridgehead atoms. The number of halogens is 1. The van der Waals surface area contributed by atoms with Crippen LogP contribution in [0.4, 0.5) is 0 Å². The summed E-state index contributed by atoms with van der Waals surface area (Å²) in [5.41, 5.74) is 4.18. The molecule has 33 heavy (non-hydrogen) atoms. The standard InChI is InChI=1S/C25H23ClN4O3/c1-28-23-21(24(32)29(25(28)33)11-4-12-31)30(15-16-7-9-20(26)10-8-16)22(27-23)19-13-17-5-2-3-6-18(17)14-19/h2-3,5-10,13,31H,4,11-12,14-15H2,1H3. The number of benzene rings is 2. The van der Waals surface area contributed by atoms with Gasteiger partial charge in [0.05, 0.1) is 0 Å². The first-order chi connectivity index (χ1) is 16.0. The van der Waals surface area contributed by atoms with E-state index in [1.54, 1.807) is 7.05 Å². The zero-order valence-electron chi connectivity index (χ0n) is 18.2. The van der Waals surface area contributed by atoms with Gasteiger partial charge in [-0.3, -0.25) is 13.9 Å². The summed E-state index contributed by atoms with van der Waals surface area (Å²) in [5, 5.41) is 9.87. The van der Waals surface area contributed by atoms with Gasteiger partial charge in [0, 0.05) is 43.8 Å². The van der Waals surface area contributed by atoms with Crippen molar-refractivity contribution in [3.05, 3.63) is 96.9 Å². The molecule has 0 atom stereocenters. The van der Waals surface area contributed by atoms with E-state index in [9.17, 15) is 14.7 Å². The minimum Gasteiger partial charge on any atom is -0.396 e. The predicted octanol–water partition coefficient (Wildman–Crippen LogP) is 3.08. The Labute approximate surface area is 194 Å². The minimum absolute atomic E-state index is 0.103. The number of hydrogen-bond acceptors (Lipinski definition) is 4. The lowest BCUT2D eigenvalue weighted by Crippen LogP contribution is -2.40. The lowest BCUT2D eigenvalue weighted by Gasteiger charge is -2.12. The van der Waals surface area contributed by atoms with Crippen LogP contribution < -0.4 is 11.2 Å². The van der Waals surface area contributed by atoms with Crippen LogP contribution in [0.3, 0.4) is 0 Å². The summed E-state index contributed by atoms with van der Waals surface area (Å²) in [7, 11) is 1.63. The average molecular weight is 463 g/mol. The summed E-state index contributed by atoms with van der Waals surface area (Å²) in [6, 6.07) is 15.6. The fourth-order valence-electron chi connectivity index (χ4n) is 4.39. The Morgan fingerprint density at radius 3 is 2.55 bits per heavy atom. The highest BCUT2D eigenvalue weighted by Gasteiger charge is 2.24. The molecule has 7 nitrogen and oxygen atoms in total. The third kappa shape index (κ3) is 3.73. The molecule has 1 N–H and O–H groups in total. The minimum atomic E-state index is -0.438. The molecule has 2 aromatic heterocycles. The van der Waals surface area contributed by atoms with Crippen LogP contribution in [0.1, 0.15) is 28.9 Å². The van der Waals surface area contributed by atoms with Crippen LogP contribution in [0.2, 0.25) is 5.02 Å². The number of aliphatic hydroxyl groups is 1. The largest absolute Gasteiger partial charge is 0.396 e. The topological polar surface area (TPSA) is 82.0 Å². The van der Waals surface area contributed by atoms with Gasteiger partial charge in [0.25, 0.3) is 5.56 Å². The molecule has 0 fully saturated rings. The molecule has 0 aliphatic heterocycles. The van der Waals surface area contributed by atoms with Crippen molar-refractivity contribution < 1.29 is 5.11 Å². The fourth-order valence-corrected chi connectivity index (χ4v) is 4.52. The highest BCUT2D eigenvalue weighted by Crippen LogP contribution is 2.32. The fraction of sp³-hybridized carbons (Fsp3) is 0.240. The Morgan fingerprint density at radius 2 is 1.82 bits per heavy atom. The van der Waals surface area contributed by atoms with Gasteiger partial charge >= 0.3 is 5.69 Å². The monoisotopic (exact) mass is 462 g/mol. The number of aromatic nitrogens is 4. The second kappa shape index (κ2) is 8.50. The molecule has 2 aromatic carbocycles. The maximum atomic E-state index is 13.5. The van der Waals surface area contributed by atoms with Crippen molar-refractivity contribution in [2.75, 3.05) is 6.61 Å². The number of aryl methyl sites for hydroxylation is 1. The molecule has 5 rings (SSSR count). The van der Waals surface area contributed by atoms with Gasteiger partial charge in [-0.2, -0.15) is 0 Å². The van der Waals surface area contributed by atoms with Crippen molar-refractivity contribution in [3.63, 3.8) is 0 Å². The molecule has 0 spiro atoms. The maximum absolute atomic E-state index is 13.5. The molecular formula is C25H23ClN4O3. The van der Waals surface area contributed by atoms with E-state index in [-0.39, 0.29) is 13.2 Å². The summed E-state index contributed by atoms with van der Waals surface area (Å²) in [6.45, 7) is 0.450. The van der Waals surface area contributed by atoms with Crippen molar-refractivity contribution >= 4 is 34.4 Å². The predicted molar refractivity (Wildman–Crippen MR) is 130 cm³/mol. The Morgan fingerprint density at radius 1 is 1.06 bits per heavy atom. The van der Waals surface area contributed by atoms with E-state index < -0.39 is 11.2 Å². The lowest BCUT2D eigenvalue weighted by atomic mass is 10.1. The molecule has 4 aromatic rings. The molecule has 8 heteroatoms. The number of allylic oxidation sites excluding steroid dienone is 1. The van der Waals surface area contributed by atoms with Crippen molar-refractivity contribution in [2.24, 2.45) is 7.05 Å². The summed E-state index contributed by atoms with van der Waals surface area (Å²) >= 11 is 6.07. The van der Waals surface area contributed by atoms with E-state index in [0.717, 1.165) is 16.7 Å². The summed E-state index contributed by atoms with van der Waals surface area (Å²) < 4.78 is 4.49. The SMILES string of the molecule is Cn1c(=O)n(CCCO)c(=O)c2c1nc(C1=Cc3ccccc3C1)n2Cc1ccc(Cl)cc1. The Kier molecular flexibility index (Phi) is 5.52. The lowest BCUT2D eigenvalue weighted by molar-refractivity contribution is 0.277. The first kappa shape index (κ1) is 21.4. The van der Waals surface area contributed by atoms with Crippen LogP contribution in [0.15, 0.2) is 58.1 Å². The summed E-state index contributed by atoms with van der Waals surface area (Å²) in [6.07, 6.45) is 3.11. The molecule has 0 radical (unpaired) electrons. The molecular weight excluding hydrogens is 440 g/mol. The van der Waals surface area contributed by atoms with Gasteiger partial charge in [-0.25, -0.2) is 9.78 Å². The summed E-state index contributed by atoms with van der Waals surface area (Å²) in [5.74, 6) is 0.670. The molecule has 1 aliphatic carbocycles. The highest BCUT2D eigenvalue weighted by atomic mass is 35.5. The Bertz CT molecular complexity index is 1510. The average Bonchev–Trinajstić information content (AvgIpc) is 3.41. The van der Waals surface area contributed by atoms with Gasteiger partial charge in [0.2, 0.25) is 0 Å². The number of aliphatic hydroxyl groups excluding tert-OH is 1. The maximum Gasteiger partial charge on any atom is 0.332 e. The third-order valence-electron chi connectivity index (χ3n) is 6.08. The first-order valence-electron chi connectivity index (χ1n) is 10.8. The van der Waals surface area contributed by atoms with Crippen LogP contribution in [0.5, 0.6) is 0 Å². The molecule has 168 valence electrons. The van der Waals surface area contributed by atoms with E-state index >= 15 is 0 Å². The summed E-state index contributed by atoms with van der Waals surface area (Å²) in [4.78, 5) is 31.2. The molecule has 0 saturated carbocycles. The zero-order chi connectivity index (χ0) is 23.1. The molecule has 0 amide bonds. The van der Waals surface area contributed by atoms with Crippen molar-refractivity contribution in [2.45, 2.75) is 25.9 Å². The van der Waals surface area contributed by atoms with Crippen molar-refractivity contribution in [1.29, 1.82) is 0 Å². The van der Waals surface area contributed by atoms with Crippen LogP contribution in [-0.2, 0) is 26.6 Å². The number of hydrogen-bond donors (Lipinski definition) is 1. The first-order valence-corrected chi connectivity index (χ1v) is 11.2. The molecule has 0 unspecified atom stereocenters. The van der Waals surface area contributed by atoms with Crippen LogP contribution in [0, 0.1) is 0 Å². The van der Waals surface area contributed by atoms with E-state index in [4.69, 9.17) is 16.6 Å². The van der Waals surface area contributed by atoms with Crippen LogP contribution in [-0.4, -0.2) is 30.4 Å². The molecule has 2 heterocycles. The van der Waals surface area contributed by atoms with Gasteiger partial charge in [0.1, 0.15) is 5.82 Å². The van der Waals surface area contributed by atoms with Gasteiger partial charge in [-0.1, -0.05) is 48.0 Å². The van der Waals surface area contributed by atoms with Gasteiger partial charge < -0.3 is 9.67 Å². The number of nitrogens with zero attached hydrogens (tertiary/aromatic N) is 4. The number of imidazole rings is 1. The molecule has 0 saturated heterocycles. The Balaban J connectivity index is 1.75. The second-order valence-corrected chi connectivity index (χ2v) is 8.68.